The van der Waals surface area contributed by atoms with Crippen LogP contribution in [0.4, 0.5) is 0 Å². The second-order valence-electron chi connectivity index (χ2n) is 3.42. The first kappa shape index (κ1) is 13.7. The fourth-order valence-electron chi connectivity index (χ4n) is 1.13. The quantitative estimate of drug-likeness (QED) is 0.530. The lowest BCUT2D eigenvalue weighted by Crippen LogP contribution is -2.18. The van der Waals surface area contributed by atoms with Crippen LogP contribution in [0.3, 0.4) is 0 Å². The molecule has 0 saturated carbocycles. The molecule has 0 saturated heterocycles. The second-order valence-corrected chi connectivity index (χ2v) is 4.04. The minimum atomic E-state index is -0.586. The van der Waals surface area contributed by atoms with Crippen LogP contribution in [-0.4, -0.2) is 29.2 Å². The Balaban J connectivity index is 3.42. The first-order chi connectivity index (χ1) is 6.56. The van der Waals surface area contributed by atoms with Crippen molar-refractivity contribution in [1.82, 2.24) is 0 Å². The highest BCUT2D eigenvalue weighted by molar-refractivity contribution is 6.20. The Morgan fingerprint density at radius 1 is 1.43 bits per heavy atom. The molecule has 84 valence electrons. The summed E-state index contributed by atoms with van der Waals surface area (Å²) in [6, 6.07) is 0. The van der Waals surface area contributed by atoms with E-state index in [9.17, 15) is 9.90 Å². The van der Waals surface area contributed by atoms with Gasteiger partial charge in [-0.2, -0.15) is 0 Å². The van der Waals surface area contributed by atoms with Gasteiger partial charge in [0.1, 0.15) is 6.61 Å². The molecular formula is C10H19ClO3. The molecule has 0 amide bonds. The average Bonchev–Trinajstić information content (AvgIpc) is 2.12. The number of aliphatic hydroxyl groups is 1. The molecule has 4 heteroatoms. The number of hydrogen-bond acceptors (Lipinski definition) is 3. The zero-order valence-corrected chi connectivity index (χ0v) is 9.59. The monoisotopic (exact) mass is 222 g/mol. The lowest BCUT2D eigenvalue weighted by Gasteiger charge is -2.12. The van der Waals surface area contributed by atoms with Crippen molar-refractivity contribution in [3.8, 4) is 0 Å². The van der Waals surface area contributed by atoms with E-state index in [0.717, 1.165) is 19.3 Å². The fourth-order valence-corrected chi connectivity index (χ4v) is 1.47. The molecule has 0 fully saturated rings. The van der Waals surface area contributed by atoms with Crippen molar-refractivity contribution < 1.29 is 14.6 Å². The standard InChI is InChI=1S/C10H19ClO3/c1-3-4-9(11)5-6-10(13)7-14-8(2)12/h9-10,13H,3-7H2,1-2H3. The molecule has 0 bridgehead atoms. The van der Waals surface area contributed by atoms with Crippen LogP contribution in [0.5, 0.6) is 0 Å². The highest BCUT2D eigenvalue weighted by Crippen LogP contribution is 2.13. The highest BCUT2D eigenvalue weighted by atomic mass is 35.5. The van der Waals surface area contributed by atoms with Crippen molar-refractivity contribution in [2.45, 2.75) is 51.0 Å². The molecular weight excluding hydrogens is 204 g/mol. The Morgan fingerprint density at radius 3 is 2.57 bits per heavy atom. The van der Waals surface area contributed by atoms with Crippen molar-refractivity contribution in [3.05, 3.63) is 0 Å². The lowest BCUT2D eigenvalue weighted by molar-refractivity contribution is -0.144. The van der Waals surface area contributed by atoms with Gasteiger partial charge in [0.05, 0.1) is 6.10 Å². The van der Waals surface area contributed by atoms with Gasteiger partial charge in [-0.25, -0.2) is 0 Å². The van der Waals surface area contributed by atoms with Crippen LogP contribution >= 0.6 is 11.6 Å². The predicted molar refractivity (Wildman–Crippen MR) is 56.4 cm³/mol. The molecule has 14 heavy (non-hydrogen) atoms. The summed E-state index contributed by atoms with van der Waals surface area (Å²) < 4.78 is 4.66. The van der Waals surface area contributed by atoms with Gasteiger partial charge in [-0.05, 0) is 19.3 Å². The summed E-state index contributed by atoms with van der Waals surface area (Å²) >= 11 is 5.97. The van der Waals surface area contributed by atoms with Gasteiger partial charge in [0.25, 0.3) is 0 Å². The Morgan fingerprint density at radius 2 is 2.07 bits per heavy atom. The summed E-state index contributed by atoms with van der Waals surface area (Å²) in [5.41, 5.74) is 0. The third kappa shape index (κ3) is 8.32. The summed E-state index contributed by atoms with van der Waals surface area (Å²) in [5.74, 6) is -0.361. The van der Waals surface area contributed by atoms with E-state index in [4.69, 9.17) is 11.6 Å². The zero-order chi connectivity index (χ0) is 11.0. The highest BCUT2D eigenvalue weighted by Gasteiger charge is 2.09. The van der Waals surface area contributed by atoms with Crippen LogP contribution in [0.25, 0.3) is 0 Å². The molecule has 0 aromatic carbocycles. The number of aliphatic hydroxyl groups excluding tert-OH is 1. The minimum absolute atomic E-state index is 0.0745. The molecule has 0 radical (unpaired) electrons. The van der Waals surface area contributed by atoms with E-state index in [1.807, 2.05) is 0 Å². The normalized spacial score (nSPS) is 14.9. The molecule has 0 rings (SSSR count). The van der Waals surface area contributed by atoms with Crippen molar-refractivity contribution in [2.24, 2.45) is 0 Å². The first-order valence-electron chi connectivity index (χ1n) is 5.01. The number of hydrogen-bond donors (Lipinski definition) is 1. The molecule has 0 aliphatic heterocycles. The van der Waals surface area contributed by atoms with Crippen LogP contribution in [0, 0.1) is 0 Å². The van der Waals surface area contributed by atoms with Crippen molar-refractivity contribution >= 4 is 17.6 Å². The molecule has 0 heterocycles. The van der Waals surface area contributed by atoms with Crippen LogP contribution in [0.2, 0.25) is 0 Å². The second kappa shape index (κ2) is 8.06. The Bertz CT molecular complexity index is 161. The number of carbonyl (C=O) groups is 1. The maximum absolute atomic E-state index is 10.4. The van der Waals surface area contributed by atoms with Crippen LogP contribution < -0.4 is 0 Å². The van der Waals surface area contributed by atoms with E-state index in [2.05, 4.69) is 11.7 Å². The number of ether oxygens (including phenoxy) is 1. The van der Waals surface area contributed by atoms with E-state index in [-0.39, 0.29) is 18.0 Å². The lowest BCUT2D eigenvalue weighted by atomic mass is 10.1. The summed E-state index contributed by atoms with van der Waals surface area (Å²) in [6.45, 7) is 3.48. The van der Waals surface area contributed by atoms with Gasteiger partial charge in [0.2, 0.25) is 0 Å². The third-order valence-corrected chi connectivity index (χ3v) is 2.33. The van der Waals surface area contributed by atoms with E-state index in [1.165, 1.54) is 6.92 Å². The molecule has 2 unspecified atom stereocenters. The Hall–Kier alpha value is -0.280. The smallest absolute Gasteiger partial charge is 0.302 e. The van der Waals surface area contributed by atoms with Crippen LogP contribution in [0.1, 0.15) is 39.5 Å². The predicted octanol–water partition coefficient (Wildman–Crippen LogP) is 2.10. The number of carbonyl (C=O) groups excluding carboxylic acids is 1. The molecule has 0 aliphatic rings. The maximum atomic E-state index is 10.4. The number of halogens is 1. The molecule has 0 spiro atoms. The van der Waals surface area contributed by atoms with Gasteiger partial charge in [-0.1, -0.05) is 13.3 Å². The summed E-state index contributed by atoms with van der Waals surface area (Å²) in [5, 5.41) is 9.50. The van der Waals surface area contributed by atoms with E-state index >= 15 is 0 Å². The number of alkyl halides is 1. The van der Waals surface area contributed by atoms with Gasteiger partial charge >= 0.3 is 5.97 Å². The van der Waals surface area contributed by atoms with Gasteiger partial charge in [-0.15, -0.1) is 11.6 Å². The Labute approximate surface area is 90.4 Å². The number of esters is 1. The third-order valence-electron chi connectivity index (χ3n) is 1.89. The summed E-state index contributed by atoms with van der Waals surface area (Å²) in [7, 11) is 0. The molecule has 0 aliphatic carbocycles. The molecule has 2 atom stereocenters. The Kier molecular flexibility index (Phi) is 7.90. The summed E-state index contributed by atoms with van der Waals surface area (Å²) in [6.07, 6.45) is 2.77. The summed E-state index contributed by atoms with van der Waals surface area (Å²) in [4.78, 5) is 10.4. The van der Waals surface area contributed by atoms with E-state index in [0.29, 0.717) is 6.42 Å². The molecule has 0 aromatic rings. The number of rotatable bonds is 7. The average molecular weight is 223 g/mol. The van der Waals surface area contributed by atoms with Crippen molar-refractivity contribution in [3.63, 3.8) is 0 Å². The molecule has 0 aromatic heterocycles. The molecule has 3 nitrogen and oxygen atoms in total. The fraction of sp³-hybridized carbons (Fsp3) is 0.900. The molecule has 1 N–H and O–H groups in total. The van der Waals surface area contributed by atoms with E-state index < -0.39 is 6.10 Å². The largest absolute Gasteiger partial charge is 0.463 e. The van der Waals surface area contributed by atoms with Gasteiger partial charge < -0.3 is 9.84 Å². The van der Waals surface area contributed by atoms with Crippen LogP contribution in [-0.2, 0) is 9.53 Å². The topological polar surface area (TPSA) is 46.5 Å². The minimum Gasteiger partial charge on any atom is -0.463 e. The first-order valence-corrected chi connectivity index (χ1v) is 5.45. The van der Waals surface area contributed by atoms with Crippen molar-refractivity contribution in [2.75, 3.05) is 6.61 Å². The van der Waals surface area contributed by atoms with Crippen LogP contribution in [0.15, 0.2) is 0 Å². The maximum Gasteiger partial charge on any atom is 0.302 e. The van der Waals surface area contributed by atoms with Gasteiger partial charge in [0.15, 0.2) is 0 Å². The van der Waals surface area contributed by atoms with E-state index in [1.54, 1.807) is 0 Å². The SMILES string of the molecule is CCCC(Cl)CCC(O)COC(C)=O. The zero-order valence-electron chi connectivity index (χ0n) is 8.83. The van der Waals surface area contributed by atoms with Crippen molar-refractivity contribution in [1.29, 1.82) is 0 Å². The van der Waals surface area contributed by atoms with Gasteiger partial charge in [-0.3, -0.25) is 4.79 Å². The van der Waals surface area contributed by atoms with Gasteiger partial charge in [0, 0.05) is 12.3 Å².